The van der Waals surface area contributed by atoms with Gasteiger partial charge in [0.2, 0.25) is 5.91 Å². The summed E-state index contributed by atoms with van der Waals surface area (Å²) >= 11 is 8.23. The maximum absolute atomic E-state index is 13.7. The molecule has 2 aliphatic heterocycles. The normalized spacial score (nSPS) is 24.2. The monoisotopic (exact) mass is 550 g/mol. The molecule has 0 saturated carbocycles. The molecule has 0 unspecified atom stereocenters. The number of fused-ring (bicyclic) bond motifs is 1. The zero-order valence-corrected chi connectivity index (χ0v) is 22.2. The quantitative estimate of drug-likeness (QED) is 0.256. The van der Waals surface area contributed by atoms with Gasteiger partial charge in [-0.2, -0.15) is 0 Å². The molecule has 2 heterocycles. The molecule has 38 heavy (non-hydrogen) atoms. The number of alkyl halides is 1. The Bertz CT molecular complexity index is 1250. The number of nitrogens with zero attached hydrogens (tertiary/aromatic N) is 1. The Labute approximate surface area is 230 Å². The van der Waals surface area contributed by atoms with Gasteiger partial charge in [-0.15, -0.1) is 23.4 Å². The average Bonchev–Trinajstić information content (AvgIpc) is 2.94. The molecule has 2 fully saturated rings. The van der Waals surface area contributed by atoms with Gasteiger partial charge in [-0.3, -0.25) is 4.79 Å². The SMILES string of the molecule is C[C@@]1(Cl)CS[C@H]2[C@H](NC(=O)OCc3ccccc3)C(=O)N2[C@H]1C(=O)OC(c1ccccc1)c1ccccc1. The minimum absolute atomic E-state index is 0.0875. The van der Waals surface area contributed by atoms with Gasteiger partial charge in [0.1, 0.15) is 18.0 Å². The summed E-state index contributed by atoms with van der Waals surface area (Å²) in [6.45, 7) is 1.82. The Hall–Kier alpha value is -3.49. The Morgan fingerprint density at radius 1 is 1.00 bits per heavy atom. The summed E-state index contributed by atoms with van der Waals surface area (Å²) in [7, 11) is 0. The third-order valence-electron chi connectivity index (χ3n) is 6.61. The third-order valence-corrected chi connectivity index (χ3v) is 8.72. The van der Waals surface area contributed by atoms with Crippen LogP contribution in [0.25, 0.3) is 0 Å². The largest absolute Gasteiger partial charge is 0.451 e. The van der Waals surface area contributed by atoms with E-state index in [9.17, 15) is 14.4 Å². The van der Waals surface area contributed by atoms with Crippen molar-refractivity contribution in [3.8, 4) is 0 Å². The molecular weight excluding hydrogens is 524 g/mol. The lowest BCUT2D eigenvalue weighted by atomic mass is 9.93. The van der Waals surface area contributed by atoms with Crippen LogP contribution < -0.4 is 5.32 Å². The molecule has 2 saturated heterocycles. The van der Waals surface area contributed by atoms with Crippen LogP contribution in [0.3, 0.4) is 0 Å². The summed E-state index contributed by atoms with van der Waals surface area (Å²) in [5.41, 5.74) is 2.45. The second-order valence-electron chi connectivity index (χ2n) is 9.45. The van der Waals surface area contributed by atoms with Crippen LogP contribution in [0, 0.1) is 0 Å². The molecule has 0 spiro atoms. The second-order valence-corrected chi connectivity index (χ2v) is 11.4. The Kier molecular flexibility index (Phi) is 7.63. The number of esters is 1. The van der Waals surface area contributed by atoms with E-state index in [4.69, 9.17) is 21.1 Å². The zero-order chi connectivity index (χ0) is 26.7. The van der Waals surface area contributed by atoms with E-state index >= 15 is 0 Å². The van der Waals surface area contributed by atoms with Gasteiger partial charge in [-0.1, -0.05) is 91.0 Å². The van der Waals surface area contributed by atoms with Gasteiger partial charge in [-0.05, 0) is 23.6 Å². The maximum Gasteiger partial charge on any atom is 0.408 e. The molecule has 196 valence electrons. The summed E-state index contributed by atoms with van der Waals surface area (Å²) in [6, 6.07) is 26.3. The number of carbonyl (C=O) groups excluding carboxylic acids is 3. The number of alkyl carbamates (subject to hydrolysis) is 1. The van der Waals surface area contributed by atoms with Crippen molar-refractivity contribution in [2.24, 2.45) is 0 Å². The zero-order valence-electron chi connectivity index (χ0n) is 20.7. The van der Waals surface area contributed by atoms with Crippen molar-refractivity contribution < 1.29 is 23.9 Å². The molecule has 2 aliphatic rings. The van der Waals surface area contributed by atoms with Crippen molar-refractivity contribution in [2.45, 2.75) is 42.0 Å². The molecule has 3 aromatic carbocycles. The molecule has 0 radical (unpaired) electrons. The van der Waals surface area contributed by atoms with Crippen LogP contribution in [0.15, 0.2) is 91.0 Å². The molecular formula is C29H27ClN2O5S. The summed E-state index contributed by atoms with van der Waals surface area (Å²) in [6.07, 6.45) is -1.36. The molecule has 0 aliphatic carbocycles. The topological polar surface area (TPSA) is 84.9 Å². The molecule has 3 aromatic rings. The molecule has 0 aromatic heterocycles. The molecule has 4 atom stereocenters. The van der Waals surface area contributed by atoms with E-state index in [2.05, 4.69) is 5.32 Å². The number of nitrogens with one attached hydrogen (secondary N) is 1. The highest BCUT2D eigenvalue weighted by molar-refractivity contribution is 8.00. The fourth-order valence-corrected chi connectivity index (χ4v) is 6.50. The molecule has 1 N–H and O–H groups in total. The molecule has 9 heteroatoms. The summed E-state index contributed by atoms with van der Waals surface area (Å²) < 4.78 is 11.3. The van der Waals surface area contributed by atoms with Gasteiger partial charge < -0.3 is 19.7 Å². The lowest BCUT2D eigenvalue weighted by Gasteiger charge is -2.56. The fraction of sp³-hybridized carbons (Fsp3) is 0.276. The van der Waals surface area contributed by atoms with Crippen LogP contribution in [0.5, 0.6) is 0 Å². The highest BCUT2D eigenvalue weighted by Crippen LogP contribution is 2.46. The number of benzene rings is 3. The van der Waals surface area contributed by atoms with E-state index in [1.165, 1.54) is 16.7 Å². The van der Waals surface area contributed by atoms with Crippen LogP contribution in [-0.4, -0.2) is 51.0 Å². The number of rotatable bonds is 7. The van der Waals surface area contributed by atoms with Crippen molar-refractivity contribution in [3.63, 3.8) is 0 Å². The number of β-lactam (4-membered cyclic amide) rings is 1. The van der Waals surface area contributed by atoms with Crippen molar-refractivity contribution in [1.29, 1.82) is 0 Å². The number of hydrogen-bond donors (Lipinski definition) is 1. The predicted molar refractivity (Wildman–Crippen MR) is 146 cm³/mol. The lowest BCUT2D eigenvalue weighted by molar-refractivity contribution is -0.168. The van der Waals surface area contributed by atoms with Gasteiger partial charge >= 0.3 is 12.1 Å². The van der Waals surface area contributed by atoms with E-state index in [1.54, 1.807) is 6.92 Å². The van der Waals surface area contributed by atoms with E-state index in [-0.39, 0.29) is 6.61 Å². The van der Waals surface area contributed by atoms with E-state index in [1.807, 2.05) is 91.0 Å². The van der Waals surface area contributed by atoms with Crippen LogP contribution in [0.2, 0.25) is 0 Å². The second kappa shape index (κ2) is 11.1. The van der Waals surface area contributed by atoms with Gasteiger partial charge in [0, 0.05) is 5.75 Å². The standard InChI is InChI=1S/C29H27ClN2O5S/c1-29(30)18-38-26-22(31-28(35)36-17-19-11-5-2-6-12-19)25(33)32(26)24(29)27(34)37-23(20-13-7-3-8-14-20)21-15-9-4-10-16-21/h2-16,22-24,26H,17-18H2,1H3,(H,31,35)/t22-,24+,26+,29-/m1/s1. The van der Waals surface area contributed by atoms with Crippen molar-refractivity contribution in [2.75, 3.05) is 5.75 Å². The summed E-state index contributed by atoms with van der Waals surface area (Å²) in [5.74, 6) is -0.603. The first-order valence-electron chi connectivity index (χ1n) is 12.3. The van der Waals surface area contributed by atoms with Gasteiger partial charge in [-0.25, -0.2) is 9.59 Å². The Morgan fingerprint density at radius 3 is 2.13 bits per heavy atom. The third kappa shape index (κ3) is 5.37. The van der Waals surface area contributed by atoms with Gasteiger partial charge in [0.25, 0.3) is 0 Å². The molecule has 2 amide bonds. The van der Waals surface area contributed by atoms with Gasteiger partial charge in [0.15, 0.2) is 12.1 Å². The number of thioether (sulfide) groups is 1. The first-order chi connectivity index (χ1) is 18.3. The van der Waals surface area contributed by atoms with Crippen LogP contribution in [0.4, 0.5) is 4.79 Å². The van der Waals surface area contributed by atoms with Crippen molar-refractivity contribution in [3.05, 3.63) is 108 Å². The molecule has 7 nitrogen and oxygen atoms in total. The summed E-state index contributed by atoms with van der Waals surface area (Å²) in [5, 5.41) is 2.19. The maximum atomic E-state index is 13.7. The van der Waals surface area contributed by atoms with Crippen molar-refractivity contribution >= 4 is 41.3 Å². The minimum Gasteiger partial charge on any atom is -0.451 e. The van der Waals surface area contributed by atoms with Crippen LogP contribution in [0.1, 0.15) is 29.7 Å². The minimum atomic E-state index is -1.05. The first kappa shape index (κ1) is 26.1. The van der Waals surface area contributed by atoms with E-state index < -0.39 is 46.4 Å². The van der Waals surface area contributed by atoms with Crippen molar-refractivity contribution in [1.82, 2.24) is 10.2 Å². The number of amides is 2. The van der Waals surface area contributed by atoms with E-state index in [0.717, 1.165) is 16.7 Å². The van der Waals surface area contributed by atoms with E-state index in [0.29, 0.717) is 5.75 Å². The van der Waals surface area contributed by atoms with Crippen LogP contribution in [-0.2, 0) is 25.7 Å². The Balaban J connectivity index is 1.30. The highest BCUT2D eigenvalue weighted by atomic mass is 35.5. The highest BCUT2D eigenvalue weighted by Gasteiger charge is 2.61. The summed E-state index contributed by atoms with van der Waals surface area (Å²) in [4.78, 5) is 39.7. The average molecular weight is 551 g/mol. The fourth-order valence-electron chi connectivity index (χ4n) is 4.70. The molecule has 0 bridgehead atoms. The first-order valence-corrected chi connectivity index (χ1v) is 13.7. The number of ether oxygens (including phenoxy) is 2. The predicted octanol–water partition coefficient (Wildman–Crippen LogP) is 4.90. The van der Waals surface area contributed by atoms with Crippen LogP contribution >= 0.6 is 23.4 Å². The Morgan fingerprint density at radius 2 is 1.55 bits per heavy atom. The molecule has 5 rings (SSSR count). The number of hydrogen-bond acceptors (Lipinski definition) is 6. The lowest BCUT2D eigenvalue weighted by Crippen LogP contribution is -2.78. The number of halogens is 1. The van der Waals surface area contributed by atoms with Gasteiger partial charge in [0.05, 0.1) is 4.87 Å². The number of carbonyl (C=O) groups is 3. The smallest absolute Gasteiger partial charge is 0.408 e.